The van der Waals surface area contributed by atoms with Crippen LogP contribution in [0.3, 0.4) is 0 Å². The number of rotatable bonds is 6. The first-order chi connectivity index (χ1) is 14.8. The Kier molecular flexibility index (Phi) is 9.70. The molecular weight excluding hydrogens is 404 g/mol. The molecule has 1 saturated heterocycles. The van der Waals surface area contributed by atoms with Crippen molar-refractivity contribution in [3.63, 3.8) is 0 Å². The fraction of sp³-hybridized carbons (Fsp3) is 0.556. The summed E-state index contributed by atoms with van der Waals surface area (Å²) in [6, 6.07) is 21.0. The van der Waals surface area contributed by atoms with Crippen molar-refractivity contribution in [2.45, 2.75) is 63.5 Å². The second-order valence-electron chi connectivity index (χ2n) is 9.05. The van der Waals surface area contributed by atoms with Crippen molar-refractivity contribution in [3.8, 4) is 5.75 Å². The molecule has 4 heteroatoms. The van der Waals surface area contributed by atoms with Crippen LogP contribution >= 0.6 is 12.4 Å². The van der Waals surface area contributed by atoms with E-state index in [0.717, 1.165) is 18.2 Å². The van der Waals surface area contributed by atoms with Crippen LogP contribution in [0, 0.1) is 0 Å². The zero-order chi connectivity index (χ0) is 20.6. The lowest BCUT2D eigenvalue weighted by Gasteiger charge is -2.43. The maximum Gasteiger partial charge on any atom is 0.118 e. The first-order valence-corrected chi connectivity index (χ1v) is 12.0. The lowest BCUT2D eigenvalue weighted by atomic mass is 9.94. The molecule has 1 atom stereocenters. The minimum Gasteiger partial charge on any atom is -0.497 e. The van der Waals surface area contributed by atoms with Gasteiger partial charge in [0.25, 0.3) is 0 Å². The molecule has 0 N–H and O–H groups in total. The average Bonchev–Trinajstić information content (AvgIpc) is 2.79. The number of piperazine rings is 1. The fourth-order valence-corrected chi connectivity index (χ4v) is 5.33. The van der Waals surface area contributed by atoms with Crippen LogP contribution in [-0.2, 0) is 6.42 Å². The molecule has 0 bridgehead atoms. The summed E-state index contributed by atoms with van der Waals surface area (Å²) in [7, 11) is 1.73. The Morgan fingerprint density at radius 2 is 1.42 bits per heavy atom. The molecular formula is C27H39ClN2O. The zero-order valence-electron chi connectivity index (χ0n) is 19.0. The molecule has 2 aromatic rings. The summed E-state index contributed by atoms with van der Waals surface area (Å²) in [5.41, 5.74) is 2.82. The number of halogens is 1. The van der Waals surface area contributed by atoms with Crippen molar-refractivity contribution in [2.24, 2.45) is 0 Å². The van der Waals surface area contributed by atoms with Crippen molar-refractivity contribution < 1.29 is 4.74 Å². The number of nitrogens with zero attached hydrogens (tertiary/aromatic N) is 2. The average molecular weight is 443 g/mol. The Morgan fingerprint density at radius 1 is 0.806 bits per heavy atom. The minimum atomic E-state index is 0. The summed E-state index contributed by atoms with van der Waals surface area (Å²) in [6.07, 6.45) is 11.1. The summed E-state index contributed by atoms with van der Waals surface area (Å²) in [5, 5.41) is 0. The van der Waals surface area contributed by atoms with Gasteiger partial charge in [-0.15, -0.1) is 12.4 Å². The van der Waals surface area contributed by atoms with E-state index in [9.17, 15) is 0 Å². The number of hydrogen-bond donors (Lipinski definition) is 0. The lowest BCUT2D eigenvalue weighted by Crippen LogP contribution is -2.51. The van der Waals surface area contributed by atoms with Crippen molar-refractivity contribution >= 4 is 12.4 Å². The maximum absolute atomic E-state index is 5.35. The third-order valence-corrected chi connectivity index (χ3v) is 7.15. The first kappa shape index (κ1) is 24.1. The maximum atomic E-state index is 5.35. The Bertz CT molecular complexity index is 736. The van der Waals surface area contributed by atoms with E-state index in [0.29, 0.717) is 6.04 Å². The Morgan fingerprint density at radius 3 is 2.03 bits per heavy atom. The molecule has 2 aromatic carbocycles. The van der Waals surface area contributed by atoms with Crippen molar-refractivity contribution in [2.75, 3.05) is 33.3 Å². The van der Waals surface area contributed by atoms with E-state index in [1.807, 2.05) is 0 Å². The highest BCUT2D eigenvalue weighted by Gasteiger charge is 2.28. The Hall–Kier alpha value is -1.55. The molecule has 3 nitrogen and oxygen atoms in total. The van der Waals surface area contributed by atoms with Gasteiger partial charge in [-0.2, -0.15) is 0 Å². The van der Waals surface area contributed by atoms with Crippen molar-refractivity contribution in [1.82, 2.24) is 9.80 Å². The smallest absolute Gasteiger partial charge is 0.118 e. The summed E-state index contributed by atoms with van der Waals surface area (Å²) in [4.78, 5) is 5.52. The zero-order valence-corrected chi connectivity index (χ0v) is 19.9. The summed E-state index contributed by atoms with van der Waals surface area (Å²) >= 11 is 0. The van der Waals surface area contributed by atoms with E-state index < -0.39 is 0 Å². The molecule has 0 radical (unpaired) electrons. The number of benzene rings is 2. The second kappa shape index (κ2) is 12.5. The SMILES string of the molecule is COc1ccc(CC(c2ccccc2)N2CCN(C3CCCCCCC3)CC2)cc1.Cl. The summed E-state index contributed by atoms with van der Waals surface area (Å²) in [6.45, 7) is 4.78. The van der Waals surface area contributed by atoms with Crippen molar-refractivity contribution in [1.29, 1.82) is 0 Å². The standard InChI is InChI=1S/C27H38N2O.ClH/c1-30-26-16-14-23(15-17-26)22-27(24-10-6-5-7-11-24)29-20-18-28(19-21-29)25-12-8-3-2-4-9-13-25;/h5-7,10-11,14-17,25,27H,2-4,8-9,12-13,18-22H2,1H3;1H. The molecule has 1 unspecified atom stereocenters. The molecule has 1 saturated carbocycles. The van der Waals surface area contributed by atoms with Gasteiger partial charge in [0.15, 0.2) is 0 Å². The third-order valence-electron chi connectivity index (χ3n) is 7.15. The van der Waals surface area contributed by atoms with Gasteiger partial charge in [0.1, 0.15) is 5.75 Å². The van der Waals surface area contributed by atoms with Crippen LogP contribution in [0.2, 0.25) is 0 Å². The monoisotopic (exact) mass is 442 g/mol. The molecule has 170 valence electrons. The van der Waals surface area contributed by atoms with Crippen LogP contribution in [0.25, 0.3) is 0 Å². The summed E-state index contributed by atoms with van der Waals surface area (Å²) in [5.74, 6) is 0.933. The molecule has 1 heterocycles. The Labute approximate surface area is 195 Å². The van der Waals surface area contributed by atoms with Gasteiger partial charge in [0.2, 0.25) is 0 Å². The van der Waals surface area contributed by atoms with E-state index in [1.165, 1.54) is 82.3 Å². The largest absolute Gasteiger partial charge is 0.497 e. The molecule has 31 heavy (non-hydrogen) atoms. The van der Waals surface area contributed by atoms with Gasteiger partial charge in [0, 0.05) is 38.3 Å². The molecule has 0 spiro atoms. The number of hydrogen-bond acceptors (Lipinski definition) is 3. The van der Waals surface area contributed by atoms with Gasteiger partial charge < -0.3 is 4.74 Å². The van der Waals surface area contributed by atoms with E-state index in [1.54, 1.807) is 7.11 Å². The molecule has 0 amide bonds. The van der Waals surface area contributed by atoms with Gasteiger partial charge in [-0.25, -0.2) is 0 Å². The topological polar surface area (TPSA) is 15.7 Å². The molecule has 2 fully saturated rings. The van der Waals surface area contributed by atoms with Crippen LogP contribution in [-0.4, -0.2) is 49.1 Å². The van der Waals surface area contributed by atoms with Gasteiger partial charge in [-0.3, -0.25) is 9.80 Å². The van der Waals surface area contributed by atoms with E-state index in [2.05, 4.69) is 64.4 Å². The highest BCUT2D eigenvalue weighted by molar-refractivity contribution is 5.85. The second-order valence-corrected chi connectivity index (χ2v) is 9.05. The Balaban J connectivity index is 0.00000272. The van der Waals surface area contributed by atoms with Gasteiger partial charge in [0.05, 0.1) is 7.11 Å². The summed E-state index contributed by atoms with van der Waals surface area (Å²) < 4.78 is 5.35. The fourth-order valence-electron chi connectivity index (χ4n) is 5.33. The van der Waals surface area contributed by atoms with Gasteiger partial charge in [-0.05, 0) is 42.5 Å². The number of methoxy groups -OCH3 is 1. The molecule has 0 aromatic heterocycles. The molecule has 1 aliphatic heterocycles. The third kappa shape index (κ3) is 6.71. The minimum absolute atomic E-state index is 0. The predicted octanol–water partition coefficient (Wildman–Crippen LogP) is 6.13. The van der Waals surface area contributed by atoms with Crippen LogP contribution < -0.4 is 4.74 Å². The van der Waals surface area contributed by atoms with E-state index in [-0.39, 0.29) is 12.4 Å². The van der Waals surface area contributed by atoms with Crippen molar-refractivity contribution in [3.05, 3.63) is 65.7 Å². The van der Waals surface area contributed by atoms with Gasteiger partial charge in [-0.1, -0.05) is 74.6 Å². The highest BCUT2D eigenvalue weighted by atomic mass is 35.5. The van der Waals surface area contributed by atoms with Crippen LogP contribution in [0.15, 0.2) is 54.6 Å². The molecule has 2 aliphatic rings. The van der Waals surface area contributed by atoms with Crippen LogP contribution in [0.4, 0.5) is 0 Å². The normalized spacial score (nSPS) is 20.3. The predicted molar refractivity (Wildman–Crippen MR) is 132 cm³/mol. The van der Waals surface area contributed by atoms with E-state index in [4.69, 9.17) is 4.74 Å². The first-order valence-electron chi connectivity index (χ1n) is 12.0. The van der Waals surface area contributed by atoms with E-state index >= 15 is 0 Å². The van der Waals surface area contributed by atoms with Crippen LogP contribution in [0.5, 0.6) is 5.75 Å². The van der Waals surface area contributed by atoms with Gasteiger partial charge >= 0.3 is 0 Å². The quantitative estimate of drug-likeness (QED) is 0.535. The lowest BCUT2D eigenvalue weighted by molar-refractivity contribution is 0.0595. The number of ether oxygens (including phenoxy) is 1. The molecule has 1 aliphatic carbocycles. The highest BCUT2D eigenvalue weighted by Crippen LogP contribution is 2.29. The van der Waals surface area contributed by atoms with Crippen LogP contribution in [0.1, 0.15) is 62.1 Å². The molecule has 4 rings (SSSR count).